The molecule has 0 radical (unpaired) electrons. The number of para-hydroxylation sites is 1. The first-order valence-electron chi connectivity index (χ1n) is 7.87. The average Bonchev–Trinajstić information content (AvgIpc) is 3.13. The van der Waals surface area contributed by atoms with Crippen molar-refractivity contribution in [1.82, 2.24) is 15.5 Å². The highest BCUT2D eigenvalue weighted by atomic mass is 16.2. The fraction of sp³-hybridized carbons (Fsp3) is 0.500. The van der Waals surface area contributed by atoms with E-state index < -0.39 is 0 Å². The quantitative estimate of drug-likeness (QED) is 0.724. The molecule has 0 bridgehead atoms. The Labute approximate surface area is 130 Å². The molecule has 0 aliphatic carbocycles. The van der Waals surface area contributed by atoms with Gasteiger partial charge >= 0.3 is 0 Å². The summed E-state index contributed by atoms with van der Waals surface area (Å²) in [6.07, 6.45) is 2.72. The average molecular weight is 299 g/mol. The number of amides is 1. The largest absolute Gasteiger partial charge is 0.373 e. The summed E-state index contributed by atoms with van der Waals surface area (Å²) in [5.74, 6) is 0.0534. The van der Waals surface area contributed by atoms with Crippen molar-refractivity contribution >= 4 is 17.8 Å². The molecule has 116 valence electrons. The Morgan fingerprint density at radius 1 is 1.45 bits per heavy atom. The summed E-state index contributed by atoms with van der Waals surface area (Å²) in [6.45, 7) is 4.84. The van der Waals surface area contributed by atoms with Gasteiger partial charge in [0.25, 0.3) is 0 Å². The predicted molar refractivity (Wildman–Crippen MR) is 86.1 cm³/mol. The van der Waals surface area contributed by atoms with Crippen molar-refractivity contribution in [2.75, 3.05) is 25.0 Å². The maximum atomic E-state index is 12.5. The standard InChI is InChI=1S/C16H21N5O/c1-10-3-2-4-11-7-13(20-14(10)11)15(22)19-12-8-18-16-17-5-6-21(16)9-12/h2-4,8,12-13,16-17,20H,5-7,9H2,1H3,(H,19,22). The zero-order chi connectivity index (χ0) is 15.1. The smallest absolute Gasteiger partial charge is 0.243 e. The minimum Gasteiger partial charge on any atom is -0.373 e. The third-order valence-electron chi connectivity index (χ3n) is 4.66. The topological polar surface area (TPSA) is 68.8 Å². The minimum absolute atomic E-state index is 0.00439. The van der Waals surface area contributed by atoms with Crippen molar-refractivity contribution in [3.8, 4) is 0 Å². The van der Waals surface area contributed by atoms with E-state index in [1.54, 1.807) is 0 Å². The monoisotopic (exact) mass is 299 g/mol. The lowest BCUT2D eigenvalue weighted by Gasteiger charge is -2.30. The molecule has 6 nitrogen and oxygen atoms in total. The highest BCUT2D eigenvalue weighted by molar-refractivity contribution is 5.90. The number of carbonyl (C=O) groups is 1. The zero-order valence-corrected chi connectivity index (χ0v) is 12.7. The van der Waals surface area contributed by atoms with Crippen LogP contribution in [0.4, 0.5) is 5.69 Å². The van der Waals surface area contributed by atoms with Gasteiger partial charge in [0, 0.05) is 38.0 Å². The van der Waals surface area contributed by atoms with Crippen LogP contribution in [-0.2, 0) is 11.2 Å². The number of carbonyl (C=O) groups excluding carboxylic acids is 1. The Bertz CT molecular complexity index is 629. The van der Waals surface area contributed by atoms with E-state index >= 15 is 0 Å². The Kier molecular flexibility index (Phi) is 3.35. The summed E-state index contributed by atoms with van der Waals surface area (Å²) in [4.78, 5) is 19.2. The van der Waals surface area contributed by atoms with E-state index in [9.17, 15) is 4.79 Å². The summed E-state index contributed by atoms with van der Waals surface area (Å²) in [7, 11) is 0. The summed E-state index contributed by atoms with van der Waals surface area (Å²) in [6, 6.07) is 6.02. The van der Waals surface area contributed by atoms with Crippen LogP contribution in [0.15, 0.2) is 23.2 Å². The first-order chi connectivity index (χ1) is 10.7. The van der Waals surface area contributed by atoms with Gasteiger partial charge in [-0.3, -0.25) is 20.0 Å². The molecular weight excluding hydrogens is 278 g/mol. The van der Waals surface area contributed by atoms with Gasteiger partial charge in [-0.15, -0.1) is 0 Å². The molecule has 1 aromatic rings. The zero-order valence-electron chi connectivity index (χ0n) is 12.7. The van der Waals surface area contributed by atoms with Crippen LogP contribution in [0.25, 0.3) is 0 Å². The molecule has 22 heavy (non-hydrogen) atoms. The van der Waals surface area contributed by atoms with Crippen LogP contribution >= 0.6 is 0 Å². The van der Waals surface area contributed by atoms with Gasteiger partial charge in [0.1, 0.15) is 6.04 Å². The number of rotatable bonds is 2. The van der Waals surface area contributed by atoms with E-state index in [-0.39, 0.29) is 24.3 Å². The van der Waals surface area contributed by atoms with Gasteiger partial charge in [-0.2, -0.15) is 0 Å². The van der Waals surface area contributed by atoms with Gasteiger partial charge in [0.2, 0.25) is 5.91 Å². The number of aryl methyl sites for hydroxylation is 1. The molecule has 3 aliphatic rings. The van der Waals surface area contributed by atoms with E-state index in [1.807, 2.05) is 12.3 Å². The van der Waals surface area contributed by atoms with Crippen molar-refractivity contribution in [3.05, 3.63) is 29.3 Å². The third-order valence-corrected chi connectivity index (χ3v) is 4.66. The number of benzene rings is 1. The molecule has 3 heterocycles. The lowest BCUT2D eigenvalue weighted by molar-refractivity contribution is -0.122. The Morgan fingerprint density at radius 2 is 2.36 bits per heavy atom. The van der Waals surface area contributed by atoms with Crippen LogP contribution in [-0.4, -0.2) is 55.0 Å². The van der Waals surface area contributed by atoms with Gasteiger partial charge in [0.15, 0.2) is 6.29 Å². The molecule has 3 unspecified atom stereocenters. The van der Waals surface area contributed by atoms with E-state index in [1.165, 1.54) is 11.1 Å². The SMILES string of the molecule is Cc1cccc2c1NC(C(=O)NC1C=NC3NCCN3C1)C2. The number of nitrogens with zero attached hydrogens (tertiary/aromatic N) is 2. The second-order valence-corrected chi connectivity index (χ2v) is 6.25. The van der Waals surface area contributed by atoms with Crippen LogP contribution in [0.2, 0.25) is 0 Å². The van der Waals surface area contributed by atoms with Gasteiger partial charge < -0.3 is 10.6 Å². The molecule has 1 aromatic carbocycles. The van der Waals surface area contributed by atoms with Crippen molar-refractivity contribution in [3.63, 3.8) is 0 Å². The van der Waals surface area contributed by atoms with Crippen LogP contribution < -0.4 is 16.0 Å². The Morgan fingerprint density at radius 3 is 3.23 bits per heavy atom. The second kappa shape index (κ2) is 5.37. The van der Waals surface area contributed by atoms with Crippen LogP contribution in [0, 0.1) is 6.92 Å². The van der Waals surface area contributed by atoms with Crippen molar-refractivity contribution < 1.29 is 4.79 Å². The van der Waals surface area contributed by atoms with Gasteiger partial charge in [-0.1, -0.05) is 18.2 Å². The molecule has 3 aliphatic heterocycles. The normalized spacial score (nSPS) is 29.8. The van der Waals surface area contributed by atoms with Crippen LogP contribution in [0.3, 0.4) is 0 Å². The Balaban J connectivity index is 1.40. The number of hydrogen-bond acceptors (Lipinski definition) is 5. The molecule has 0 spiro atoms. The van der Waals surface area contributed by atoms with E-state index in [2.05, 4.69) is 44.9 Å². The second-order valence-electron chi connectivity index (χ2n) is 6.25. The van der Waals surface area contributed by atoms with E-state index in [0.29, 0.717) is 0 Å². The predicted octanol–water partition coefficient (Wildman–Crippen LogP) is 0.0896. The van der Waals surface area contributed by atoms with E-state index in [0.717, 1.165) is 31.7 Å². The number of anilines is 1. The first-order valence-corrected chi connectivity index (χ1v) is 7.87. The summed E-state index contributed by atoms with van der Waals surface area (Å²) in [5, 5.41) is 9.77. The number of aliphatic imine (C=N–C) groups is 1. The highest BCUT2D eigenvalue weighted by Gasteiger charge is 2.32. The lowest BCUT2D eigenvalue weighted by atomic mass is 10.1. The van der Waals surface area contributed by atoms with Crippen molar-refractivity contribution in [2.45, 2.75) is 31.7 Å². The molecule has 1 saturated heterocycles. The summed E-state index contributed by atoms with van der Waals surface area (Å²) < 4.78 is 0. The van der Waals surface area contributed by atoms with Gasteiger partial charge in [-0.25, -0.2) is 0 Å². The van der Waals surface area contributed by atoms with Crippen molar-refractivity contribution in [2.24, 2.45) is 4.99 Å². The molecule has 1 amide bonds. The first kappa shape index (κ1) is 13.7. The number of hydrogen-bond donors (Lipinski definition) is 3. The molecule has 4 rings (SSSR count). The molecule has 3 atom stereocenters. The molecule has 0 saturated carbocycles. The fourth-order valence-corrected chi connectivity index (χ4v) is 3.49. The third kappa shape index (κ3) is 2.38. The Hall–Kier alpha value is -1.92. The molecule has 0 aromatic heterocycles. The maximum absolute atomic E-state index is 12.5. The lowest BCUT2D eigenvalue weighted by Crippen LogP contribution is -2.53. The summed E-state index contributed by atoms with van der Waals surface area (Å²) in [5.41, 5.74) is 3.53. The number of nitrogens with one attached hydrogen (secondary N) is 3. The minimum atomic E-state index is -0.182. The maximum Gasteiger partial charge on any atom is 0.243 e. The van der Waals surface area contributed by atoms with Crippen LogP contribution in [0.5, 0.6) is 0 Å². The molecule has 3 N–H and O–H groups in total. The number of fused-ring (bicyclic) bond motifs is 2. The van der Waals surface area contributed by atoms with E-state index in [4.69, 9.17) is 0 Å². The highest BCUT2D eigenvalue weighted by Crippen LogP contribution is 2.29. The molecule has 6 heteroatoms. The van der Waals surface area contributed by atoms with Crippen molar-refractivity contribution in [1.29, 1.82) is 0 Å². The van der Waals surface area contributed by atoms with Crippen LogP contribution in [0.1, 0.15) is 11.1 Å². The van der Waals surface area contributed by atoms with Gasteiger partial charge in [-0.05, 0) is 18.1 Å². The van der Waals surface area contributed by atoms with Gasteiger partial charge in [0.05, 0.1) is 6.04 Å². The molecule has 1 fully saturated rings. The fourth-order valence-electron chi connectivity index (χ4n) is 3.49. The summed E-state index contributed by atoms with van der Waals surface area (Å²) >= 11 is 0. The molecular formula is C16H21N5O.